The lowest BCUT2D eigenvalue weighted by atomic mass is 9.94. The summed E-state index contributed by atoms with van der Waals surface area (Å²) < 4.78 is 0. The monoisotopic (exact) mass is 607 g/mol. The number of benzene rings is 4. The van der Waals surface area contributed by atoms with E-state index in [0.717, 1.165) is 53.3 Å². The van der Waals surface area contributed by atoms with Crippen LogP contribution in [-0.4, -0.2) is 41.2 Å². The minimum atomic E-state index is -0.700. The molecule has 4 aromatic rings. The normalized spacial score (nSPS) is 15.4. The minimum Gasteiger partial charge on any atom is -0.352 e. The highest BCUT2D eigenvalue weighted by molar-refractivity contribution is 6.31. The Hall–Kier alpha value is -4.16. The van der Waals surface area contributed by atoms with Crippen LogP contribution in [0.4, 0.5) is 5.69 Å². The number of anilines is 1. The van der Waals surface area contributed by atoms with Crippen LogP contribution in [-0.2, 0) is 22.6 Å². The molecule has 0 unspecified atom stereocenters. The molecule has 4 aromatic carbocycles. The van der Waals surface area contributed by atoms with Gasteiger partial charge >= 0.3 is 0 Å². The van der Waals surface area contributed by atoms with Crippen LogP contribution in [0.5, 0.6) is 0 Å². The topological polar surface area (TPSA) is 69.7 Å². The molecule has 1 atom stereocenters. The second-order valence-corrected chi connectivity index (χ2v) is 12.3. The van der Waals surface area contributed by atoms with Crippen molar-refractivity contribution in [3.63, 3.8) is 0 Å². The highest BCUT2D eigenvalue weighted by atomic mass is 35.5. The Morgan fingerprint density at radius 3 is 2.39 bits per heavy atom. The van der Waals surface area contributed by atoms with Crippen LogP contribution in [0.3, 0.4) is 0 Å². The van der Waals surface area contributed by atoms with Gasteiger partial charge in [-0.3, -0.25) is 14.4 Å². The quantitative estimate of drug-likeness (QED) is 0.194. The van der Waals surface area contributed by atoms with Crippen molar-refractivity contribution in [1.82, 2.24) is 10.2 Å². The third-order valence-electron chi connectivity index (χ3n) is 8.94. The molecule has 0 spiro atoms. The van der Waals surface area contributed by atoms with Crippen molar-refractivity contribution >= 4 is 45.8 Å². The first-order valence-corrected chi connectivity index (χ1v) is 16.1. The fraction of sp³-hybridized carbons (Fsp3) is 0.324. The Balaban J connectivity index is 1.24. The molecule has 0 aromatic heterocycles. The van der Waals surface area contributed by atoms with Crippen molar-refractivity contribution in [2.45, 2.75) is 70.0 Å². The van der Waals surface area contributed by atoms with Crippen molar-refractivity contribution in [1.29, 1.82) is 0 Å². The maximum atomic E-state index is 14.2. The molecule has 0 radical (unpaired) electrons. The Morgan fingerprint density at radius 2 is 1.61 bits per heavy atom. The summed E-state index contributed by atoms with van der Waals surface area (Å²) in [7, 11) is 0. The molecular weight excluding hydrogens is 570 g/mol. The number of carbonyl (C=O) groups is 3. The van der Waals surface area contributed by atoms with E-state index in [-0.39, 0.29) is 36.7 Å². The van der Waals surface area contributed by atoms with Gasteiger partial charge in [-0.25, -0.2) is 0 Å². The Bertz CT molecular complexity index is 1650. The van der Waals surface area contributed by atoms with E-state index in [1.807, 2.05) is 91.0 Å². The van der Waals surface area contributed by atoms with Crippen LogP contribution in [0.25, 0.3) is 10.8 Å². The highest BCUT2D eigenvalue weighted by Crippen LogP contribution is 2.37. The maximum absolute atomic E-state index is 14.2. The molecule has 1 fully saturated rings. The van der Waals surface area contributed by atoms with E-state index < -0.39 is 6.04 Å². The number of hydrogen-bond donors (Lipinski definition) is 1. The zero-order valence-electron chi connectivity index (χ0n) is 24.9. The predicted octanol–water partition coefficient (Wildman–Crippen LogP) is 7.32. The zero-order valence-corrected chi connectivity index (χ0v) is 25.6. The van der Waals surface area contributed by atoms with Gasteiger partial charge in [0.1, 0.15) is 6.04 Å². The number of hydrogen-bond acceptors (Lipinski definition) is 3. The molecular formula is C37H38ClN3O3. The molecule has 1 saturated carbocycles. The van der Waals surface area contributed by atoms with E-state index >= 15 is 0 Å². The number of rotatable bonds is 11. The van der Waals surface area contributed by atoms with Crippen LogP contribution in [0.2, 0.25) is 5.02 Å². The number of halogens is 1. The number of amides is 3. The van der Waals surface area contributed by atoms with Gasteiger partial charge in [-0.2, -0.15) is 0 Å². The van der Waals surface area contributed by atoms with E-state index in [9.17, 15) is 14.4 Å². The molecule has 44 heavy (non-hydrogen) atoms. The molecule has 0 bridgehead atoms. The Kier molecular flexibility index (Phi) is 9.27. The molecule has 226 valence electrons. The smallest absolute Gasteiger partial charge is 0.258 e. The molecule has 1 aliphatic heterocycles. The van der Waals surface area contributed by atoms with E-state index in [0.29, 0.717) is 30.0 Å². The van der Waals surface area contributed by atoms with Gasteiger partial charge < -0.3 is 15.1 Å². The van der Waals surface area contributed by atoms with E-state index in [1.165, 1.54) is 6.42 Å². The highest BCUT2D eigenvalue weighted by Gasteiger charge is 2.33. The number of carbonyl (C=O) groups excluding carboxylic acids is 3. The second-order valence-electron chi connectivity index (χ2n) is 11.9. The van der Waals surface area contributed by atoms with Crippen LogP contribution in [0.15, 0.2) is 91.0 Å². The fourth-order valence-corrected chi connectivity index (χ4v) is 6.84. The Morgan fingerprint density at radius 1 is 0.886 bits per heavy atom. The first kappa shape index (κ1) is 29.9. The summed E-state index contributed by atoms with van der Waals surface area (Å²) >= 11 is 6.58. The first-order chi connectivity index (χ1) is 21.5. The van der Waals surface area contributed by atoms with Gasteiger partial charge in [0.15, 0.2) is 0 Å². The molecule has 7 heteroatoms. The lowest BCUT2D eigenvalue weighted by molar-refractivity contribution is -0.141. The van der Waals surface area contributed by atoms with Gasteiger partial charge in [0, 0.05) is 47.9 Å². The predicted molar refractivity (Wildman–Crippen MR) is 176 cm³/mol. The SMILES string of the molecule is O=C(NC1CCCCC1)[C@@H](Cc1ccccc1)N(Cc1ccccc1Cl)C(=O)CCCN1C(=O)c2cccc3cccc1c23. The van der Waals surface area contributed by atoms with Gasteiger partial charge in [-0.05, 0) is 54.0 Å². The number of nitrogens with one attached hydrogen (secondary N) is 1. The van der Waals surface area contributed by atoms with Gasteiger partial charge in [0.25, 0.3) is 5.91 Å². The minimum absolute atomic E-state index is 0.0361. The Labute approximate surface area is 264 Å². The van der Waals surface area contributed by atoms with Crippen molar-refractivity contribution in [2.75, 3.05) is 11.4 Å². The van der Waals surface area contributed by atoms with Crippen molar-refractivity contribution in [3.05, 3.63) is 113 Å². The van der Waals surface area contributed by atoms with E-state index in [2.05, 4.69) is 5.32 Å². The van der Waals surface area contributed by atoms with Crippen LogP contribution in [0, 0.1) is 0 Å². The van der Waals surface area contributed by atoms with Gasteiger partial charge in [0.05, 0.1) is 5.69 Å². The third-order valence-corrected chi connectivity index (χ3v) is 9.31. The van der Waals surface area contributed by atoms with Gasteiger partial charge in [0.2, 0.25) is 11.8 Å². The van der Waals surface area contributed by atoms with Crippen molar-refractivity contribution in [3.8, 4) is 0 Å². The summed E-state index contributed by atoms with van der Waals surface area (Å²) in [6.07, 6.45) is 6.38. The summed E-state index contributed by atoms with van der Waals surface area (Å²) in [6, 6.07) is 28.5. The average molecular weight is 608 g/mol. The second kappa shape index (κ2) is 13.6. The number of nitrogens with zero attached hydrogens (tertiary/aromatic N) is 2. The van der Waals surface area contributed by atoms with Crippen molar-refractivity contribution in [2.24, 2.45) is 0 Å². The summed E-state index contributed by atoms with van der Waals surface area (Å²) in [6.45, 7) is 0.636. The summed E-state index contributed by atoms with van der Waals surface area (Å²) in [5.41, 5.74) is 3.37. The summed E-state index contributed by atoms with van der Waals surface area (Å²) in [5.74, 6) is -0.295. The first-order valence-electron chi connectivity index (χ1n) is 15.7. The van der Waals surface area contributed by atoms with E-state index in [4.69, 9.17) is 11.6 Å². The lowest BCUT2D eigenvalue weighted by Gasteiger charge is -2.34. The zero-order chi connectivity index (χ0) is 30.5. The third kappa shape index (κ3) is 6.51. The lowest BCUT2D eigenvalue weighted by Crippen LogP contribution is -2.53. The molecule has 1 N–H and O–H groups in total. The van der Waals surface area contributed by atoms with Crippen LogP contribution < -0.4 is 10.2 Å². The van der Waals surface area contributed by atoms with Crippen LogP contribution >= 0.6 is 11.6 Å². The molecule has 2 aliphatic rings. The average Bonchev–Trinajstić information content (AvgIpc) is 3.32. The van der Waals surface area contributed by atoms with E-state index in [1.54, 1.807) is 9.80 Å². The molecule has 0 saturated heterocycles. The standard InChI is InChI=1S/C37H38ClN3O3/c38-31-20-8-7-14-28(31)25-41(33(24-26-12-3-1-4-13-26)36(43)39-29-17-5-2-6-18-29)34(42)22-11-23-40-32-21-10-16-27-15-9-19-30(35(27)32)37(40)44/h1,3-4,7-10,12-16,19-21,29,33H,2,5-6,11,17-18,22-25H2,(H,39,43)/t33-/m1/s1. The molecule has 6 nitrogen and oxygen atoms in total. The fourth-order valence-electron chi connectivity index (χ4n) is 6.64. The van der Waals surface area contributed by atoms with Crippen LogP contribution in [0.1, 0.15) is 66.4 Å². The largest absolute Gasteiger partial charge is 0.352 e. The molecule has 1 heterocycles. The summed E-state index contributed by atoms with van der Waals surface area (Å²) in [4.78, 5) is 45.0. The maximum Gasteiger partial charge on any atom is 0.258 e. The molecule has 6 rings (SSSR count). The summed E-state index contributed by atoms with van der Waals surface area (Å²) in [5, 5.41) is 5.84. The molecule has 3 amide bonds. The molecule has 1 aliphatic carbocycles. The van der Waals surface area contributed by atoms with Gasteiger partial charge in [-0.1, -0.05) is 104 Å². The van der Waals surface area contributed by atoms with Crippen molar-refractivity contribution < 1.29 is 14.4 Å². The van der Waals surface area contributed by atoms with Gasteiger partial charge in [-0.15, -0.1) is 0 Å².